The van der Waals surface area contributed by atoms with Gasteiger partial charge in [0.2, 0.25) is 5.91 Å². The number of imidazole rings is 1. The van der Waals surface area contributed by atoms with Crippen LogP contribution in [0.2, 0.25) is 5.02 Å². The molecular weight excluding hydrogens is 326 g/mol. The molecule has 0 saturated carbocycles. The van der Waals surface area contributed by atoms with Gasteiger partial charge in [0.25, 0.3) is 0 Å². The predicted octanol–water partition coefficient (Wildman–Crippen LogP) is 3.06. The minimum atomic E-state index is 0.00327. The van der Waals surface area contributed by atoms with E-state index in [2.05, 4.69) is 10.3 Å². The van der Waals surface area contributed by atoms with Crippen molar-refractivity contribution in [1.82, 2.24) is 14.9 Å². The van der Waals surface area contributed by atoms with Crippen molar-refractivity contribution in [3.63, 3.8) is 0 Å². The van der Waals surface area contributed by atoms with Crippen molar-refractivity contribution in [3.8, 4) is 0 Å². The molecule has 2 aromatic rings. The molecule has 0 bridgehead atoms. The van der Waals surface area contributed by atoms with Crippen LogP contribution in [0.5, 0.6) is 0 Å². The molecule has 2 heterocycles. The van der Waals surface area contributed by atoms with E-state index in [1.807, 2.05) is 35.0 Å². The number of nitrogens with one attached hydrogen (secondary N) is 1. The maximum Gasteiger partial charge on any atom is 0.220 e. The van der Waals surface area contributed by atoms with Gasteiger partial charge in [0.15, 0.2) is 0 Å². The van der Waals surface area contributed by atoms with Gasteiger partial charge in [-0.3, -0.25) is 4.79 Å². The molecule has 6 heteroatoms. The number of carbonyl (C=O) groups excluding carboxylic acids is 1. The Morgan fingerprint density at radius 3 is 2.92 bits per heavy atom. The minimum absolute atomic E-state index is 0.00327. The van der Waals surface area contributed by atoms with E-state index < -0.39 is 0 Å². The molecule has 0 spiro atoms. The van der Waals surface area contributed by atoms with Crippen molar-refractivity contribution in [1.29, 1.82) is 0 Å². The zero-order valence-corrected chi connectivity index (χ0v) is 14.3. The van der Waals surface area contributed by atoms with Crippen LogP contribution in [0, 0.1) is 5.92 Å². The van der Waals surface area contributed by atoms with Crippen LogP contribution >= 0.6 is 11.6 Å². The van der Waals surface area contributed by atoms with Crippen molar-refractivity contribution in [2.45, 2.75) is 25.3 Å². The first-order valence-corrected chi connectivity index (χ1v) is 8.67. The fourth-order valence-electron chi connectivity index (χ4n) is 2.98. The largest absolute Gasteiger partial charge is 0.381 e. The van der Waals surface area contributed by atoms with E-state index in [1.165, 1.54) is 0 Å². The Labute approximate surface area is 147 Å². The van der Waals surface area contributed by atoms with Crippen molar-refractivity contribution >= 4 is 17.5 Å². The lowest BCUT2D eigenvalue weighted by Gasteiger charge is -2.20. The normalized spacial score (nSPS) is 18.5. The number of hydrogen-bond acceptors (Lipinski definition) is 3. The lowest BCUT2D eigenvalue weighted by atomic mass is 10.0. The lowest BCUT2D eigenvalue weighted by Crippen LogP contribution is -2.31. The highest BCUT2D eigenvalue weighted by Crippen LogP contribution is 2.21. The summed E-state index contributed by atoms with van der Waals surface area (Å²) in [6.07, 6.45) is 7.91. The van der Waals surface area contributed by atoms with Gasteiger partial charge in [-0.05, 0) is 36.5 Å². The maximum atomic E-state index is 12.2. The molecule has 1 amide bonds. The molecule has 1 saturated heterocycles. The number of benzene rings is 1. The molecule has 5 nitrogen and oxygen atoms in total. The first-order chi connectivity index (χ1) is 11.7. The Morgan fingerprint density at radius 2 is 2.25 bits per heavy atom. The minimum Gasteiger partial charge on any atom is -0.381 e. The molecule has 1 aromatic heterocycles. The van der Waals surface area contributed by atoms with Gasteiger partial charge >= 0.3 is 0 Å². The molecule has 128 valence electrons. The zero-order valence-electron chi connectivity index (χ0n) is 13.5. The van der Waals surface area contributed by atoms with Gasteiger partial charge < -0.3 is 14.6 Å². The number of rotatable bonds is 7. The van der Waals surface area contributed by atoms with Crippen LogP contribution in [-0.4, -0.2) is 35.2 Å². The van der Waals surface area contributed by atoms with E-state index in [0.717, 1.165) is 31.6 Å². The van der Waals surface area contributed by atoms with Gasteiger partial charge in [-0.1, -0.05) is 23.7 Å². The average Bonchev–Trinajstić information content (AvgIpc) is 3.28. The number of nitrogens with zero attached hydrogens (tertiary/aromatic N) is 2. The number of halogens is 1. The SMILES string of the molecule is O=C(CC[C@H]1CCOC1)NC[C@@H](c1ccc(Cl)cc1)n1ccnc1. The fourth-order valence-corrected chi connectivity index (χ4v) is 3.11. The lowest BCUT2D eigenvalue weighted by molar-refractivity contribution is -0.121. The second kappa shape index (κ2) is 8.31. The molecule has 1 aliphatic rings. The fraction of sp³-hybridized carbons (Fsp3) is 0.444. The van der Waals surface area contributed by atoms with E-state index in [1.54, 1.807) is 12.5 Å². The van der Waals surface area contributed by atoms with Crippen LogP contribution in [0.4, 0.5) is 0 Å². The summed E-state index contributed by atoms with van der Waals surface area (Å²) < 4.78 is 7.35. The second-order valence-electron chi connectivity index (χ2n) is 6.15. The van der Waals surface area contributed by atoms with E-state index in [0.29, 0.717) is 23.9 Å². The van der Waals surface area contributed by atoms with Gasteiger partial charge in [0.05, 0.1) is 12.4 Å². The number of hydrogen-bond donors (Lipinski definition) is 1. The van der Waals surface area contributed by atoms with Crippen LogP contribution < -0.4 is 5.32 Å². The smallest absolute Gasteiger partial charge is 0.220 e. The van der Waals surface area contributed by atoms with E-state index >= 15 is 0 Å². The predicted molar refractivity (Wildman–Crippen MR) is 93.0 cm³/mol. The summed E-state index contributed by atoms with van der Waals surface area (Å²) in [6, 6.07) is 7.69. The highest BCUT2D eigenvalue weighted by Gasteiger charge is 2.18. The monoisotopic (exact) mass is 347 g/mol. The van der Waals surface area contributed by atoms with Gasteiger partial charge in [0.1, 0.15) is 0 Å². The molecule has 0 unspecified atom stereocenters. The van der Waals surface area contributed by atoms with E-state index in [9.17, 15) is 4.79 Å². The van der Waals surface area contributed by atoms with Crippen LogP contribution in [0.25, 0.3) is 0 Å². The highest BCUT2D eigenvalue weighted by molar-refractivity contribution is 6.30. The zero-order chi connectivity index (χ0) is 16.8. The van der Waals surface area contributed by atoms with Crippen LogP contribution in [0.1, 0.15) is 30.9 Å². The molecule has 2 atom stereocenters. The standard InChI is InChI=1S/C18H22ClN3O2/c19-16-4-2-15(3-5-16)17(22-9-8-20-13-22)11-21-18(23)6-1-14-7-10-24-12-14/h2-5,8-9,13-14,17H,1,6-7,10-12H2,(H,21,23)/t14-,17-/m0/s1. The van der Waals surface area contributed by atoms with Crippen molar-refractivity contribution < 1.29 is 9.53 Å². The molecule has 3 rings (SSSR count). The Bertz CT molecular complexity index is 637. The summed E-state index contributed by atoms with van der Waals surface area (Å²) in [4.78, 5) is 16.3. The number of aromatic nitrogens is 2. The van der Waals surface area contributed by atoms with Crippen LogP contribution in [0.15, 0.2) is 43.0 Å². The summed E-state index contributed by atoms with van der Waals surface area (Å²) >= 11 is 5.97. The summed E-state index contributed by atoms with van der Waals surface area (Å²) in [5, 5.41) is 3.75. The first-order valence-electron chi connectivity index (χ1n) is 8.29. The third-order valence-electron chi connectivity index (χ3n) is 4.44. The van der Waals surface area contributed by atoms with Gasteiger partial charge in [-0.15, -0.1) is 0 Å². The Balaban J connectivity index is 1.57. The number of carbonyl (C=O) groups is 1. The Morgan fingerprint density at radius 1 is 1.42 bits per heavy atom. The molecule has 1 fully saturated rings. The molecule has 1 aliphatic heterocycles. The second-order valence-corrected chi connectivity index (χ2v) is 6.59. The quantitative estimate of drug-likeness (QED) is 0.837. The molecule has 24 heavy (non-hydrogen) atoms. The van der Waals surface area contributed by atoms with Crippen LogP contribution in [-0.2, 0) is 9.53 Å². The molecule has 0 aliphatic carbocycles. The van der Waals surface area contributed by atoms with Gasteiger partial charge in [0, 0.05) is 43.6 Å². The van der Waals surface area contributed by atoms with Crippen LogP contribution in [0.3, 0.4) is 0 Å². The molecular formula is C18H22ClN3O2. The Kier molecular flexibility index (Phi) is 5.88. The third-order valence-corrected chi connectivity index (χ3v) is 4.69. The Hall–Kier alpha value is -1.85. The van der Waals surface area contributed by atoms with E-state index in [4.69, 9.17) is 16.3 Å². The average molecular weight is 348 g/mol. The van der Waals surface area contributed by atoms with Crippen molar-refractivity contribution in [2.24, 2.45) is 5.92 Å². The molecule has 1 N–H and O–H groups in total. The van der Waals surface area contributed by atoms with Gasteiger partial charge in [-0.2, -0.15) is 0 Å². The number of amides is 1. The molecule has 1 aromatic carbocycles. The summed E-state index contributed by atoms with van der Waals surface area (Å²) in [7, 11) is 0. The van der Waals surface area contributed by atoms with E-state index in [-0.39, 0.29) is 11.9 Å². The summed E-state index contributed by atoms with van der Waals surface area (Å²) in [6.45, 7) is 2.14. The van der Waals surface area contributed by atoms with Gasteiger partial charge in [-0.25, -0.2) is 4.98 Å². The van der Waals surface area contributed by atoms with Crippen molar-refractivity contribution in [3.05, 3.63) is 53.6 Å². The van der Waals surface area contributed by atoms with Crippen molar-refractivity contribution in [2.75, 3.05) is 19.8 Å². The first kappa shape index (κ1) is 17.0. The highest BCUT2D eigenvalue weighted by atomic mass is 35.5. The summed E-state index contributed by atoms with van der Waals surface area (Å²) in [5.41, 5.74) is 1.09. The number of ether oxygens (including phenoxy) is 1. The topological polar surface area (TPSA) is 56.1 Å². The summed E-state index contributed by atoms with van der Waals surface area (Å²) in [5.74, 6) is 0.609. The maximum absolute atomic E-state index is 12.2. The molecule has 0 radical (unpaired) electrons. The third kappa shape index (κ3) is 4.58.